The van der Waals surface area contributed by atoms with Crippen LogP contribution in [0.15, 0.2) is 58.1 Å². The largest absolute Gasteiger partial charge is 0.318 e. The number of nitrogens with zero attached hydrogens (tertiary/aromatic N) is 3. The first-order valence-electron chi connectivity index (χ1n) is 9.67. The standard InChI is InChI=1S/C22H21BrCl2N4O3S/c1-14-10-16(15(2)29(14)17-8-9-19(24)20(25)11-17)12-26-27-22(30)13-28(33(3,31)32)21-7-5-4-6-18(21)23/h4-12H,13H2,1-3H3,(H,27,30)/b26-12+. The third kappa shape index (κ3) is 5.97. The number of aryl methyl sites for hydroxylation is 1. The summed E-state index contributed by atoms with van der Waals surface area (Å²) < 4.78 is 28.1. The summed E-state index contributed by atoms with van der Waals surface area (Å²) >= 11 is 15.5. The molecule has 0 atom stereocenters. The lowest BCUT2D eigenvalue weighted by atomic mass is 10.2. The van der Waals surface area contributed by atoms with E-state index in [2.05, 4.69) is 26.5 Å². The first-order chi connectivity index (χ1) is 15.5. The van der Waals surface area contributed by atoms with Gasteiger partial charge in [-0.15, -0.1) is 0 Å². The summed E-state index contributed by atoms with van der Waals surface area (Å²) in [5, 5.41) is 4.93. The summed E-state index contributed by atoms with van der Waals surface area (Å²) in [5.74, 6) is -0.578. The summed E-state index contributed by atoms with van der Waals surface area (Å²) in [5.41, 5.74) is 6.22. The molecule has 0 radical (unpaired) electrons. The number of rotatable bonds is 7. The molecule has 0 bridgehead atoms. The van der Waals surface area contributed by atoms with Crippen LogP contribution in [0, 0.1) is 13.8 Å². The number of hydrazone groups is 1. The van der Waals surface area contributed by atoms with Gasteiger partial charge in [0.25, 0.3) is 5.91 Å². The first kappa shape index (κ1) is 25.3. The minimum absolute atomic E-state index is 0.365. The van der Waals surface area contributed by atoms with Crippen LogP contribution in [0.25, 0.3) is 5.69 Å². The van der Waals surface area contributed by atoms with Gasteiger partial charge in [0.05, 0.1) is 28.2 Å². The van der Waals surface area contributed by atoms with Crippen molar-refractivity contribution in [2.24, 2.45) is 5.10 Å². The Balaban J connectivity index is 1.76. The lowest BCUT2D eigenvalue weighted by Gasteiger charge is -2.22. The third-order valence-electron chi connectivity index (χ3n) is 4.83. The van der Waals surface area contributed by atoms with Crippen LogP contribution in [0.1, 0.15) is 17.0 Å². The molecule has 0 unspecified atom stereocenters. The number of hydrogen-bond donors (Lipinski definition) is 1. The number of hydrogen-bond acceptors (Lipinski definition) is 4. The van der Waals surface area contributed by atoms with Gasteiger partial charge in [-0.05, 0) is 66.2 Å². The molecule has 0 aliphatic carbocycles. The van der Waals surface area contributed by atoms with Crippen molar-refractivity contribution in [1.29, 1.82) is 0 Å². The van der Waals surface area contributed by atoms with E-state index >= 15 is 0 Å². The molecule has 1 heterocycles. The summed E-state index contributed by atoms with van der Waals surface area (Å²) in [6, 6.07) is 14.0. The molecule has 1 N–H and O–H groups in total. The Morgan fingerprint density at radius 1 is 1.15 bits per heavy atom. The molecule has 0 saturated carbocycles. The maximum Gasteiger partial charge on any atom is 0.260 e. The molecule has 3 rings (SSSR count). The fourth-order valence-electron chi connectivity index (χ4n) is 3.31. The van der Waals surface area contributed by atoms with Crippen LogP contribution in [-0.4, -0.2) is 37.9 Å². The quantitative estimate of drug-likeness (QED) is 0.317. The smallest absolute Gasteiger partial charge is 0.260 e. The van der Waals surface area contributed by atoms with E-state index < -0.39 is 22.5 Å². The highest BCUT2D eigenvalue weighted by molar-refractivity contribution is 9.10. The minimum atomic E-state index is -3.69. The topological polar surface area (TPSA) is 83.8 Å². The van der Waals surface area contributed by atoms with E-state index in [-0.39, 0.29) is 0 Å². The van der Waals surface area contributed by atoms with Crippen LogP contribution in [0.4, 0.5) is 5.69 Å². The van der Waals surface area contributed by atoms with E-state index in [4.69, 9.17) is 23.2 Å². The molecule has 1 aromatic heterocycles. The Hall–Kier alpha value is -2.33. The van der Waals surface area contributed by atoms with E-state index in [9.17, 15) is 13.2 Å². The van der Waals surface area contributed by atoms with Crippen LogP contribution in [0.5, 0.6) is 0 Å². The van der Waals surface area contributed by atoms with Crippen molar-refractivity contribution >= 4 is 67.0 Å². The number of nitrogens with one attached hydrogen (secondary N) is 1. The Morgan fingerprint density at radius 2 is 1.85 bits per heavy atom. The van der Waals surface area contributed by atoms with Crippen molar-refractivity contribution in [1.82, 2.24) is 9.99 Å². The Labute approximate surface area is 211 Å². The normalized spacial score (nSPS) is 11.7. The Kier molecular flexibility index (Phi) is 7.89. The van der Waals surface area contributed by atoms with Gasteiger partial charge in [0.2, 0.25) is 10.0 Å². The number of carbonyl (C=O) groups is 1. The predicted octanol–water partition coefficient (Wildman–Crippen LogP) is 5.08. The number of carbonyl (C=O) groups excluding carboxylic acids is 1. The van der Waals surface area contributed by atoms with Gasteiger partial charge >= 0.3 is 0 Å². The van der Waals surface area contributed by atoms with Gasteiger partial charge in [0.1, 0.15) is 6.54 Å². The number of amides is 1. The minimum Gasteiger partial charge on any atom is -0.318 e. The van der Waals surface area contributed by atoms with Crippen molar-refractivity contribution in [3.8, 4) is 5.69 Å². The van der Waals surface area contributed by atoms with Gasteiger partial charge in [-0.2, -0.15) is 5.10 Å². The molecule has 0 aliphatic heterocycles. The molecule has 0 saturated heterocycles. The zero-order valence-electron chi connectivity index (χ0n) is 18.0. The van der Waals surface area contributed by atoms with E-state index in [0.29, 0.717) is 20.2 Å². The van der Waals surface area contributed by atoms with Crippen LogP contribution in [0.2, 0.25) is 10.0 Å². The van der Waals surface area contributed by atoms with Crippen LogP contribution < -0.4 is 9.73 Å². The second-order valence-electron chi connectivity index (χ2n) is 7.27. The maximum absolute atomic E-state index is 12.4. The molecule has 7 nitrogen and oxygen atoms in total. The summed E-state index contributed by atoms with van der Waals surface area (Å²) in [4.78, 5) is 12.4. The van der Waals surface area contributed by atoms with E-state index in [1.54, 1.807) is 36.4 Å². The summed E-state index contributed by atoms with van der Waals surface area (Å²) in [6.07, 6.45) is 2.55. The lowest BCUT2D eigenvalue weighted by molar-refractivity contribution is -0.119. The van der Waals surface area contributed by atoms with Crippen molar-refractivity contribution in [3.05, 3.63) is 80.0 Å². The number of aromatic nitrogens is 1. The molecule has 1 amide bonds. The van der Waals surface area contributed by atoms with Gasteiger partial charge in [0.15, 0.2) is 0 Å². The number of para-hydroxylation sites is 1. The van der Waals surface area contributed by atoms with E-state index in [0.717, 1.165) is 33.2 Å². The van der Waals surface area contributed by atoms with E-state index in [1.165, 1.54) is 6.21 Å². The SMILES string of the molecule is Cc1cc(/C=N/NC(=O)CN(c2ccccc2Br)S(C)(=O)=O)c(C)n1-c1ccc(Cl)c(Cl)c1. The molecular formula is C22H21BrCl2N4O3S. The third-order valence-corrected chi connectivity index (χ3v) is 7.37. The highest BCUT2D eigenvalue weighted by Gasteiger charge is 2.22. The number of sulfonamides is 1. The zero-order chi connectivity index (χ0) is 24.3. The van der Waals surface area contributed by atoms with Crippen LogP contribution in [-0.2, 0) is 14.8 Å². The van der Waals surface area contributed by atoms with Crippen LogP contribution in [0.3, 0.4) is 0 Å². The molecule has 3 aromatic rings. The monoisotopic (exact) mass is 570 g/mol. The lowest BCUT2D eigenvalue weighted by Crippen LogP contribution is -2.39. The molecule has 174 valence electrons. The van der Waals surface area contributed by atoms with Gasteiger partial charge < -0.3 is 4.57 Å². The molecule has 2 aromatic carbocycles. The number of halogens is 3. The van der Waals surface area contributed by atoms with Crippen molar-refractivity contribution in [3.63, 3.8) is 0 Å². The van der Waals surface area contributed by atoms with Gasteiger partial charge in [0, 0.05) is 27.1 Å². The second kappa shape index (κ2) is 10.3. The van der Waals surface area contributed by atoms with Gasteiger partial charge in [-0.3, -0.25) is 9.10 Å². The Morgan fingerprint density at radius 3 is 2.48 bits per heavy atom. The fourth-order valence-corrected chi connectivity index (χ4v) is 5.09. The van der Waals surface area contributed by atoms with Crippen LogP contribution >= 0.6 is 39.1 Å². The van der Waals surface area contributed by atoms with Gasteiger partial charge in [-0.1, -0.05) is 35.3 Å². The molecular weight excluding hydrogens is 551 g/mol. The van der Waals surface area contributed by atoms with Gasteiger partial charge in [-0.25, -0.2) is 13.8 Å². The highest BCUT2D eigenvalue weighted by atomic mass is 79.9. The zero-order valence-corrected chi connectivity index (χ0v) is 21.9. The molecule has 0 spiro atoms. The average Bonchev–Trinajstić information content (AvgIpc) is 3.01. The van der Waals surface area contributed by atoms with Crippen molar-refractivity contribution < 1.29 is 13.2 Å². The van der Waals surface area contributed by atoms with E-state index in [1.807, 2.05) is 30.5 Å². The number of anilines is 1. The predicted molar refractivity (Wildman–Crippen MR) is 137 cm³/mol. The number of benzene rings is 2. The molecule has 0 aliphatic rings. The molecule has 0 fully saturated rings. The fraction of sp³-hybridized carbons (Fsp3) is 0.182. The molecule has 33 heavy (non-hydrogen) atoms. The summed E-state index contributed by atoms with van der Waals surface area (Å²) in [6.45, 7) is 3.44. The van der Waals surface area contributed by atoms with Crippen molar-refractivity contribution in [2.75, 3.05) is 17.1 Å². The first-order valence-corrected chi connectivity index (χ1v) is 13.1. The summed E-state index contributed by atoms with van der Waals surface area (Å²) in [7, 11) is -3.69. The highest BCUT2D eigenvalue weighted by Crippen LogP contribution is 2.28. The average molecular weight is 572 g/mol. The molecule has 11 heteroatoms. The Bertz CT molecular complexity index is 1340. The second-order valence-corrected chi connectivity index (χ2v) is 10.9. The van der Waals surface area contributed by atoms with Crippen molar-refractivity contribution in [2.45, 2.75) is 13.8 Å². The maximum atomic E-state index is 12.4.